The molecule has 6 heteroatoms. The Kier molecular flexibility index (Phi) is 4.71. The Morgan fingerprint density at radius 1 is 1.10 bits per heavy atom. The number of carbonyl (C=O) groups is 1. The highest BCUT2D eigenvalue weighted by molar-refractivity contribution is 6.35. The number of likely N-dealkylation sites (N-methyl/N-ethyl adjacent to an activating group) is 1. The zero-order valence-electron chi connectivity index (χ0n) is 17.1. The third kappa shape index (κ3) is 3.00. The zero-order valence-corrected chi connectivity index (χ0v) is 17.9. The van der Waals surface area contributed by atoms with E-state index >= 15 is 0 Å². The number of guanidine groups is 1. The van der Waals surface area contributed by atoms with Gasteiger partial charge in [-0.25, -0.2) is 4.99 Å². The van der Waals surface area contributed by atoms with E-state index in [1.54, 1.807) is 7.05 Å². The van der Waals surface area contributed by atoms with Gasteiger partial charge in [0, 0.05) is 18.2 Å². The molecule has 0 saturated carbocycles. The summed E-state index contributed by atoms with van der Waals surface area (Å²) in [7, 11) is 1.64. The van der Waals surface area contributed by atoms with Gasteiger partial charge in [0.2, 0.25) is 0 Å². The molecular weight excluding hydrogens is 410 g/mol. The lowest BCUT2D eigenvalue weighted by Gasteiger charge is -2.29. The van der Waals surface area contributed by atoms with Crippen molar-refractivity contribution in [3.8, 4) is 16.9 Å². The standard InChI is InChI=1S/C25H22ClN3O2/c1-29-23(30)25(28-24(29)27,18-12-13-21-17(15-18)9-6-14-31-21)20-11-5-10-19(22(20)26)16-7-3-2-4-8-16/h2-5,7-8,10-13,15H,6,9,14H2,1H3,(H2,27,28). The molecule has 2 aliphatic rings. The number of ether oxygens (including phenoxy) is 1. The minimum Gasteiger partial charge on any atom is -0.493 e. The number of nitrogens with two attached hydrogens (primary N) is 1. The molecule has 0 saturated heterocycles. The van der Waals surface area contributed by atoms with Gasteiger partial charge < -0.3 is 10.5 Å². The van der Waals surface area contributed by atoms with Gasteiger partial charge >= 0.3 is 0 Å². The average molecular weight is 432 g/mol. The number of hydrogen-bond donors (Lipinski definition) is 1. The number of hydrogen-bond acceptors (Lipinski definition) is 4. The minimum atomic E-state index is -1.34. The third-order valence-electron chi connectivity index (χ3n) is 6.04. The molecule has 3 aromatic carbocycles. The van der Waals surface area contributed by atoms with Crippen LogP contribution in [-0.4, -0.2) is 30.4 Å². The fraction of sp³-hybridized carbons (Fsp3) is 0.200. The maximum absolute atomic E-state index is 13.6. The molecule has 0 aliphatic carbocycles. The summed E-state index contributed by atoms with van der Waals surface area (Å²) in [4.78, 5) is 19.8. The third-order valence-corrected chi connectivity index (χ3v) is 6.45. The molecule has 1 atom stereocenters. The van der Waals surface area contributed by atoms with Gasteiger partial charge in [-0.3, -0.25) is 9.69 Å². The molecule has 156 valence electrons. The highest BCUT2D eigenvalue weighted by Crippen LogP contribution is 2.46. The van der Waals surface area contributed by atoms with Gasteiger partial charge in [-0.1, -0.05) is 66.2 Å². The summed E-state index contributed by atoms with van der Waals surface area (Å²) < 4.78 is 5.77. The van der Waals surface area contributed by atoms with E-state index in [2.05, 4.69) is 0 Å². The molecule has 5 rings (SSSR count). The lowest BCUT2D eigenvalue weighted by Crippen LogP contribution is -2.41. The molecule has 1 amide bonds. The van der Waals surface area contributed by atoms with E-state index in [0.29, 0.717) is 17.2 Å². The number of rotatable bonds is 3. The van der Waals surface area contributed by atoms with Gasteiger partial charge in [0.25, 0.3) is 5.91 Å². The minimum absolute atomic E-state index is 0.167. The molecule has 0 spiro atoms. The van der Waals surface area contributed by atoms with Crippen LogP contribution >= 0.6 is 11.6 Å². The highest BCUT2D eigenvalue weighted by atomic mass is 35.5. The quantitative estimate of drug-likeness (QED) is 0.669. The first-order valence-electron chi connectivity index (χ1n) is 10.3. The maximum atomic E-state index is 13.6. The normalized spacial score (nSPS) is 20.3. The number of nitrogens with zero attached hydrogens (tertiary/aromatic N) is 2. The number of aliphatic imine (C=N–C) groups is 1. The summed E-state index contributed by atoms with van der Waals surface area (Å²) >= 11 is 6.96. The lowest BCUT2D eigenvalue weighted by molar-refractivity contribution is -0.129. The molecule has 2 heterocycles. The van der Waals surface area contributed by atoms with E-state index in [-0.39, 0.29) is 11.9 Å². The summed E-state index contributed by atoms with van der Waals surface area (Å²) in [5.41, 5.74) is 9.04. The Morgan fingerprint density at radius 2 is 1.90 bits per heavy atom. The Hall–Kier alpha value is -3.31. The Bertz CT molecular complexity index is 1210. The van der Waals surface area contributed by atoms with Gasteiger partial charge in [-0.15, -0.1) is 0 Å². The fourth-order valence-corrected chi connectivity index (χ4v) is 4.77. The van der Waals surface area contributed by atoms with Gasteiger partial charge in [0.15, 0.2) is 11.5 Å². The molecule has 5 nitrogen and oxygen atoms in total. The van der Waals surface area contributed by atoms with Crippen LogP contribution in [0.15, 0.2) is 71.7 Å². The second-order valence-electron chi connectivity index (χ2n) is 7.85. The number of fused-ring (bicyclic) bond motifs is 1. The molecule has 0 fully saturated rings. The monoisotopic (exact) mass is 431 g/mol. The van der Waals surface area contributed by atoms with Crippen molar-refractivity contribution in [1.82, 2.24) is 4.90 Å². The van der Waals surface area contributed by atoms with Crippen LogP contribution in [0, 0.1) is 0 Å². The number of aryl methyl sites for hydroxylation is 1. The number of carbonyl (C=O) groups excluding carboxylic acids is 1. The van der Waals surface area contributed by atoms with E-state index in [4.69, 9.17) is 27.1 Å². The predicted octanol–water partition coefficient (Wildman–Crippen LogP) is 4.36. The second kappa shape index (κ2) is 7.43. The van der Waals surface area contributed by atoms with Crippen molar-refractivity contribution in [3.05, 3.63) is 88.4 Å². The molecule has 1 unspecified atom stereocenters. The van der Waals surface area contributed by atoms with E-state index in [1.807, 2.05) is 66.7 Å². The van der Waals surface area contributed by atoms with Crippen molar-refractivity contribution in [2.24, 2.45) is 10.7 Å². The predicted molar refractivity (Wildman–Crippen MR) is 122 cm³/mol. The fourth-order valence-electron chi connectivity index (χ4n) is 4.40. The maximum Gasteiger partial charge on any atom is 0.266 e. The van der Waals surface area contributed by atoms with Crippen LogP contribution in [0.25, 0.3) is 11.1 Å². The van der Waals surface area contributed by atoms with E-state index < -0.39 is 5.54 Å². The molecule has 2 N–H and O–H groups in total. The molecular formula is C25H22ClN3O2. The van der Waals surface area contributed by atoms with E-state index in [0.717, 1.165) is 40.8 Å². The van der Waals surface area contributed by atoms with Gasteiger partial charge in [-0.2, -0.15) is 0 Å². The van der Waals surface area contributed by atoms with Crippen LogP contribution in [0.1, 0.15) is 23.1 Å². The van der Waals surface area contributed by atoms with E-state index in [1.165, 1.54) is 4.90 Å². The second-order valence-corrected chi connectivity index (χ2v) is 8.23. The largest absolute Gasteiger partial charge is 0.493 e. The number of benzene rings is 3. The topological polar surface area (TPSA) is 67.9 Å². The molecule has 31 heavy (non-hydrogen) atoms. The lowest BCUT2D eigenvalue weighted by atomic mass is 9.80. The molecule has 2 aliphatic heterocycles. The summed E-state index contributed by atoms with van der Waals surface area (Å²) in [6.07, 6.45) is 1.83. The van der Waals surface area contributed by atoms with Crippen molar-refractivity contribution in [1.29, 1.82) is 0 Å². The Morgan fingerprint density at radius 3 is 2.65 bits per heavy atom. The number of amides is 1. The van der Waals surface area contributed by atoms with Crippen LogP contribution in [-0.2, 0) is 16.8 Å². The first kappa shape index (κ1) is 19.6. The zero-order chi connectivity index (χ0) is 21.6. The number of halogens is 1. The summed E-state index contributed by atoms with van der Waals surface area (Å²) in [5, 5.41) is 0.489. The summed E-state index contributed by atoms with van der Waals surface area (Å²) in [6, 6.07) is 21.4. The SMILES string of the molecule is CN1C(=O)C(c2ccc3c(c2)CCCO3)(c2cccc(-c3ccccc3)c2Cl)N=C1N. The van der Waals surface area contributed by atoms with Crippen molar-refractivity contribution >= 4 is 23.5 Å². The highest BCUT2D eigenvalue weighted by Gasteiger charge is 2.51. The summed E-state index contributed by atoms with van der Waals surface area (Å²) in [5.74, 6) is 0.791. The van der Waals surface area contributed by atoms with Gasteiger partial charge in [0.1, 0.15) is 5.75 Å². The van der Waals surface area contributed by atoms with Crippen LogP contribution in [0.3, 0.4) is 0 Å². The first-order chi connectivity index (χ1) is 15.0. The van der Waals surface area contributed by atoms with Gasteiger partial charge in [0.05, 0.1) is 11.6 Å². The first-order valence-corrected chi connectivity index (χ1v) is 10.6. The van der Waals surface area contributed by atoms with Crippen molar-refractivity contribution < 1.29 is 9.53 Å². The molecule has 3 aromatic rings. The van der Waals surface area contributed by atoms with Crippen LogP contribution < -0.4 is 10.5 Å². The molecule has 0 aromatic heterocycles. The van der Waals surface area contributed by atoms with Crippen molar-refractivity contribution in [2.75, 3.05) is 13.7 Å². The molecule has 0 bridgehead atoms. The van der Waals surface area contributed by atoms with Crippen LogP contribution in [0.5, 0.6) is 5.75 Å². The van der Waals surface area contributed by atoms with Crippen LogP contribution in [0.4, 0.5) is 0 Å². The van der Waals surface area contributed by atoms with Crippen LogP contribution in [0.2, 0.25) is 5.02 Å². The van der Waals surface area contributed by atoms with Gasteiger partial charge in [-0.05, 0) is 41.7 Å². The van der Waals surface area contributed by atoms with E-state index in [9.17, 15) is 4.79 Å². The smallest absolute Gasteiger partial charge is 0.266 e. The van der Waals surface area contributed by atoms with Crippen molar-refractivity contribution in [3.63, 3.8) is 0 Å². The Balaban J connectivity index is 1.76. The van der Waals surface area contributed by atoms with Crippen molar-refractivity contribution in [2.45, 2.75) is 18.4 Å². The average Bonchev–Trinajstić information content (AvgIpc) is 3.04. The summed E-state index contributed by atoms with van der Waals surface area (Å²) in [6.45, 7) is 0.704. The molecule has 0 radical (unpaired) electrons. The Labute approximate surface area is 186 Å².